The van der Waals surface area contributed by atoms with Crippen molar-refractivity contribution >= 4 is 21.9 Å². The van der Waals surface area contributed by atoms with Crippen LogP contribution >= 0.6 is 0 Å². The van der Waals surface area contributed by atoms with Crippen LogP contribution in [0.25, 0.3) is 0 Å². The van der Waals surface area contributed by atoms with Gasteiger partial charge in [-0.25, -0.2) is 8.42 Å². The number of aryl methyl sites for hydroxylation is 1. The molecule has 150 valence electrons. The Labute approximate surface area is 165 Å². The predicted octanol–water partition coefficient (Wildman–Crippen LogP) is 1.86. The van der Waals surface area contributed by atoms with Gasteiger partial charge in [0.1, 0.15) is 6.54 Å². The molecule has 0 saturated heterocycles. The Morgan fingerprint density at radius 1 is 1.07 bits per heavy atom. The second-order valence-corrected chi connectivity index (χ2v) is 8.45. The highest BCUT2D eigenvalue weighted by atomic mass is 32.2. The standard InChI is InChI=1S/C20H24N2O5S/c1-15-9-11-18(12-10-15)28(25,26)22(3)14-19(23)27-16(2)20(24)21-13-17-7-5-4-6-8-17/h4-12,16H,13-14H2,1-3H3,(H,21,24)/t16-/m1/s1. The number of likely N-dealkylation sites (N-methyl/N-ethyl adjacent to an activating group) is 1. The van der Waals surface area contributed by atoms with Crippen LogP contribution in [0, 0.1) is 6.92 Å². The second-order valence-electron chi connectivity index (χ2n) is 6.41. The van der Waals surface area contributed by atoms with Crippen LogP contribution < -0.4 is 5.32 Å². The number of nitrogens with one attached hydrogen (secondary N) is 1. The van der Waals surface area contributed by atoms with Crippen molar-refractivity contribution in [2.45, 2.75) is 31.4 Å². The summed E-state index contributed by atoms with van der Waals surface area (Å²) in [5.41, 5.74) is 1.84. The van der Waals surface area contributed by atoms with Crippen molar-refractivity contribution in [3.8, 4) is 0 Å². The van der Waals surface area contributed by atoms with E-state index in [4.69, 9.17) is 4.74 Å². The molecule has 7 nitrogen and oxygen atoms in total. The van der Waals surface area contributed by atoms with Crippen molar-refractivity contribution in [3.63, 3.8) is 0 Å². The number of benzene rings is 2. The van der Waals surface area contributed by atoms with Crippen LogP contribution in [0.4, 0.5) is 0 Å². The summed E-state index contributed by atoms with van der Waals surface area (Å²) < 4.78 is 31.0. The summed E-state index contributed by atoms with van der Waals surface area (Å²) >= 11 is 0. The minimum atomic E-state index is -3.82. The summed E-state index contributed by atoms with van der Waals surface area (Å²) in [6.45, 7) is 3.10. The van der Waals surface area contributed by atoms with Crippen LogP contribution in [-0.4, -0.2) is 44.3 Å². The molecule has 0 heterocycles. The number of rotatable bonds is 8. The van der Waals surface area contributed by atoms with Crippen molar-refractivity contribution in [1.82, 2.24) is 9.62 Å². The highest BCUT2D eigenvalue weighted by Crippen LogP contribution is 2.15. The molecular formula is C20H24N2O5S. The fraction of sp³-hybridized carbons (Fsp3) is 0.300. The molecule has 0 aromatic heterocycles. The second kappa shape index (κ2) is 9.48. The zero-order valence-corrected chi connectivity index (χ0v) is 16.9. The zero-order valence-electron chi connectivity index (χ0n) is 16.1. The third-order valence-electron chi connectivity index (χ3n) is 4.07. The Balaban J connectivity index is 1.87. The lowest BCUT2D eigenvalue weighted by Gasteiger charge is -2.18. The van der Waals surface area contributed by atoms with Crippen LogP contribution in [-0.2, 0) is 30.9 Å². The van der Waals surface area contributed by atoms with Crippen molar-refractivity contribution in [2.24, 2.45) is 0 Å². The summed E-state index contributed by atoms with van der Waals surface area (Å²) in [7, 11) is -2.53. The number of hydrogen-bond acceptors (Lipinski definition) is 5. The van der Waals surface area contributed by atoms with Crippen molar-refractivity contribution in [1.29, 1.82) is 0 Å². The maximum atomic E-state index is 12.5. The van der Waals surface area contributed by atoms with Gasteiger partial charge in [-0.2, -0.15) is 4.31 Å². The van der Waals surface area contributed by atoms with E-state index in [-0.39, 0.29) is 4.90 Å². The summed E-state index contributed by atoms with van der Waals surface area (Å²) in [5.74, 6) is -1.26. The largest absolute Gasteiger partial charge is 0.452 e. The van der Waals surface area contributed by atoms with Gasteiger partial charge in [-0.1, -0.05) is 48.0 Å². The van der Waals surface area contributed by atoms with Gasteiger partial charge in [0.2, 0.25) is 10.0 Å². The Morgan fingerprint density at radius 2 is 1.68 bits per heavy atom. The molecular weight excluding hydrogens is 380 g/mol. The molecule has 0 radical (unpaired) electrons. The summed E-state index contributed by atoms with van der Waals surface area (Å²) in [6, 6.07) is 15.6. The van der Waals surface area contributed by atoms with Crippen molar-refractivity contribution in [2.75, 3.05) is 13.6 Å². The molecule has 2 rings (SSSR count). The van der Waals surface area contributed by atoms with E-state index < -0.39 is 34.5 Å². The molecule has 2 aromatic rings. The number of esters is 1. The average Bonchev–Trinajstić information content (AvgIpc) is 2.67. The van der Waals surface area contributed by atoms with E-state index in [1.54, 1.807) is 12.1 Å². The van der Waals surface area contributed by atoms with Crippen LogP contribution in [0.5, 0.6) is 0 Å². The molecule has 1 atom stereocenters. The first kappa shape index (κ1) is 21.6. The lowest BCUT2D eigenvalue weighted by atomic mass is 10.2. The first-order valence-corrected chi connectivity index (χ1v) is 10.2. The lowest BCUT2D eigenvalue weighted by molar-refractivity contribution is -0.154. The first-order valence-electron chi connectivity index (χ1n) is 8.74. The van der Waals surface area contributed by atoms with Crippen molar-refractivity contribution in [3.05, 3.63) is 65.7 Å². The molecule has 1 amide bonds. The van der Waals surface area contributed by atoms with E-state index in [1.807, 2.05) is 37.3 Å². The van der Waals surface area contributed by atoms with Gasteiger partial charge in [0.25, 0.3) is 5.91 Å². The molecule has 0 aliphatic rings. The van der Waals surface area contributed by atoms with Gasteiger partial charge < -0.3 is 10.1 Å². The SMILES string of the molecule is Cc1ccc(S(=O)(=O)N(C)CC(=O)O[C@H](C)C(=O)NCc2ccccc2)cc1. The highest BCUT2D eigenvalue weighted by molar-refractivity contribution is 7.89. The van der Waals surface area contributed by atoms with E-state index in [9.17, 15) is 18.0 Å². The number of carbonyl (C=O) groups excluding carboxylic acids is 2. The van der Waals surface area contributed by atoms with Crippen LogP contribution in [0.15, 0.2) is 59.5 Å². The highest BCUT2D eigenvalue weighted by Gasteiger charge is 2.25. The van der Waals surface area contributed by atoms with Crippen LogP contribution in [0.1, 0.15) is 18.1 Å². The van der Waals surface area contributed by atoms with Gasteiger partial charge >= 0.3 is 5.97 Å². The maximum absolute atomic E-state index is 12.5. The molecule has 0 spiro atoms. The number of nitrogens with zero attached hydrogens (tertiary/aromatic N) is 1. The average molecular weight is 404 g/mol. The number of amides is 1. The molecule has 2 aromatic carbocycles. The maximum Gasteiger partial charge on any atom is 0.322 e. The Morgan fingerprint density at radius 3 is 2.29 bits per heavy atom. The number of carbonyl (C=O) groups is 2. The lowest BCUT2D eigenvalue weighted by Crippen LogP contribution is -2.39. The van der Waals surface area contributed by atoms with E-state index >= 15 is 0 Å². The Hall–Kier alpha value is -2.71. The number of sulfonamides is 1. The topological polar surface area (TPSA) is 92.8 Å². The molecule has 0 bridgehead atoms. The zero-order chi connectivity index (χ0) is 20.7. The molecule has 0 unspecified atom stereocenters. The molecule has 28 heavy (non-hydrogen) atoms. The smallest absolute Gasteiger partial charge is 0.322 e. The monoisotopic (exact) mass is 404 g/mol. The van der Waals surface area contributed by atoms with E-state index in [2.05, 4.69) is 5.32 Å². The summed E-state index contributed by atoms with van der Waals surface area (Å²) in [4.78, 5) is 24.2. The summed E-state index contributed by atoms with van der Waals surface area (Å²) in [6.07, 6.45) is -1.04. The molecule has 0 aliphatic heterocycles. The first-order chi connectivity index (χ1) is 13.2. The Kier molecular flexibility index (Phi) is 7.31. The van der Waals surface area contributed by atoms with Gasteiger partial charge in [-0.3, -0.25) is 9.59 Å². The number of ether oxygens (including phenoxy) is 1. The fourth-order valence-electron chi connectivity index (χ4n) is 2.37. The molecule has 0 aliphatic carbocycles. The normalized spacial score (nSPS) is 12.4. The third-order valence-corrected chi connectivity index (χ3v) is 5.89. The number of hydrogen-bond donors (Lipinski definition) is 1. The van der Waals surface area contributed by atoms with E-state index in [1.165, 1.54) is 26.1 Å². The Bertz CT molecular complexity index is 911. The summed E-state index contributed by atoms with van der Waals surface area (Å²) in [5, 5.41) is 2.67. The molecule has 0 saturated carbocycles. The van der Waals surface area contributed by atoms with E-state index in [0.29, 0.717) is 6.54 Å². The van der Waals surface area contributed by atoms with Gasteiger partial charge in [-0.05, 0) is 31.5 Å². The molecule has 0 fully saturated rings. The fourth-order valence-corrected chi connectivity index (χ4v) is 3.49. The van der Waals surface area contributed by atoms with Crippen molar-refractivity contribution < 1.29 is 22.7 Å². The van der Waals surface area contributed by atoms with E-state index in [0.717, 1.165) is 15.4 Å². The van der Waals surface area contributed by atoms with Gasteiger partial charge in [-0.15, -0.1) is 0 Å². The van der Waals surface area contributed by atoms with Gasteiger partial charge in [0.05, 0.1) is 4.90 Å². The molecule has 1 N–H and O–H groups in total. The quantitative estimate of drug-likeness (QED) is 0.678. The minimum absolute atomic E-state index is 0.0852. The van der Waals surface area contributed by atoms with Gasteiger partial charge in [0, 0.05) is 13.6 Å². The third kappa shape index (κ3) is 5.90. The van der Waals surface area contributed by atoms with Crippen LogP contribution in [0.2, 0.25) is 0 Å². The van der Waals surface area contributed by atoms with Crippen LogP contribution in [0.3, 0.4) is 0 Å². The minimum Gasteiger partial charge on any atom is -0.452 e. The molecule has 8 heteroatoms. The van der Waals surface area contributed by atoms with Gasteiger partial charge in [0.15, 0.2) is 6.10 Å². The predicted molar refractivity (Wildman–Crippen MR) is 105 cm³/mol.